The molecule has 17 nitrogen and oxygen atoms in total. The Hall–Kier alpha value is -6.43. The third-order valence-electron chi connectivity index (χ3n) is 6.91. The molecule has 0 saturated heterocycles. The first-order valence-corrected chi connectivity index (χ1v) is 14.1. The lowest BCUT2D eigenvalue weighted by molar-refractivity contribution is 0.0521. The normalized spacial score (nSPS) is 11.3. The number of benzene rings is 2. The van der Waals surface area contributed by atoms with Crippen LogP contribution in [0, 0.1) is 5.82 Å². The number of carbonyl (C=O) groups excluding carboxylic acids is 2. The topological polar surface area (TPSA) is 217 Å². The van der Waals surface area contributed by atoms with E-state index in [2.05, 4.69) is 35.6 Å². The van der Waals surface area contributed by atoms with E-state index < -0.39 is 29.1 Å². The predicted molar refractivity (Wildman–Crippen MR) is 167 cm³/mol. The molecule has 0 unspecified atom stereocenters. The van der Waals surface area contributed by atoms with E-state index in [1.165, 1.54) is 12.1 Å². The molecule has 6 aromatic rings. The summed E-state index contributed by atoms with van der Waals surface area (Å²) in [5.41, 5.74) is 3.24. The summed E-state index contributed by atoms with van der Waals surface area (Å²) in [6.07, 6.45) is 3.25. The quantitative estimate of drug-likeness (QED) is 0.176. The van der Waals surface area contributed by atoms with Crippen LogP contribution in [0.15, 0.2) is 64.4 Å². The number of ether oxygens (including phenoxy) is 1. The summed E-state index contributed by atoms with van der Waals surface area (Å²) in [6.45, 7) is 2.06. The van der Waals surface area contributed by atoms with Crippen molar-refractivity contribution >= 4 is 34.7 Å². The van der Waals surface area contributed by atoms with Gasteiger partial charge in [0.2, 0.25) is 5.95 Å². The Labute approximate surface area is 263 Å². The number of anilines is 2. The molecule has 0 bridgehead atoms. The molecule has 0 saturated carbocycles. The SMILES string of the molecule is CCOC(=O)c1nn(-c2cccc(-c3nc(N)n[nH]3)c2)c2c(=O)n(C(=O)Nc3ccc(-n4ccnc4CN(C)C)cc3F)c(=O)[nH]c12. The standard InChI is InChI=1S/C29H27FN12O5/c1-4-47-26(44)22-21-23(42(38-22)17-7-5-6-15(12-17)24-35-27(31)37-36-24)25(43)41(29(46)34-21)28(45)33-19-9-8-16(13-18(19)30)40-11-10-32-20(40)14-39(2)3/h5-13H,4,14H2,1-3H3,(H,33,45)(H,34,46)(H3,31,35,36,37). The molecule has 0 aliphatic heterocycles. The Morgan fingerprint density at radius 3 is 2.64 bits per heavy atom. The van der Waals surface area contributed by atoms with E-state index in [-0.39, 0.29) is 45.2 Å². The fourth-order valence-electron chi connectivity index (χ4n) is 4.89. The molecule has 0 radical (unpaired) electrons. The van der Waals surface area contributed by atoms with Gasteiger partial charge in [0.25, 0.3) is 5.56 Å². The van der Waals surface area contributed by atoms with Gasteiger partial charge in [-0.05, 0) is 45.3 Å². The molecule has 6 rings (SSSR count). The van der Waals surface area contributed by atoms with Crippen LogP contribution in [-0.4, -0.2) is 81.7 Å². The lowest BCUT2D eigenvalue weighted by Gasteiger charge is -2.13. The van der Waals surface area contributed by atoms with Crippen molar-refractivity contribution in [2.75, 3.05) is 31.8 Å². The molecule has 5 N–H and O–H groups in total. The molecule has 4 aromatic heterocycles. The average molecular weight is 643 g/mol. The number of fused-ring (bicyclic) bond motifs is 1. The van der Waals surface area contributed by atoms with Gasteiger partial charge in [0.05, 0.1) is 24.5 Å². The number of halogens is 1. The largest absolute Gasteiger partial charge is 0.461 e. The Morgan fingerprint density at radius 2 is 1.94 bits per heavy atom. The highest BCUT2D eigenvalue weighted by atomic mass is 19.1. The number of hydrogen-bond donors (Lipinski definition) is 4. The first-order chi connectivity index (χ1) is 22.5. The molecule has 47 heavy (non-hydrogen) atoms. The molecule has 0 aliphatic rings. The van der Waals surface area contributed by atoms with Crippen molar-refractivity contribution in [3.63, 3.8) is 0 Å². The minimum atomic E-state index is -1.25. The highest BCUT2D eigenvalue weighted by Gasteiger charge is 2.27. The number of nitrogens with two attached hydrogens (primary N) is 1. The second-order valence-electron chi connectivity index (χ2n) is 10.4. The van der Waals surface area contributed by atoms with E-state index in [0.29, 0.717) is 29.4 Å². The van der Waals surface area contributed by atoms with Gasteiger partial charge < -0.3 is 30.2 Å². The second-order valence-corrected chi connectivity index (χ2v) is 10.4. The number of imidazole rings is 1. The van der Waals surface area contributed by atoms with Crippen LogP contribution in [0.25, 0.3) is 33.8 Å². The molecule has 2 aromatic carbocycles. The van der Waals surface area contributed by atoms with Crippen molar-refractivity contribution in [1.82, 2.24) is 49.0 Å². The van der Waals surface area contributed by atoms with E-state index in [9.17, 15) is 19.2 Å². The van der Waals surface area contributed by atoms with Crippen LogP contribution in [0.1, 0.15) is 23.2 Å². The molecule has 18 heteroatoms. The molecule has 240 valence electrons. The maximum atomic E-state index is 15.3. The summed E-state index contributed by atoms with van der Waals surface area (Å²) >= 11 is 0. The van der Waals surface area contributed by atoms with Crippen LogP contribution in [0.3, 0.4) is 0 Å². The van der Waals surface area contributed by atoms with Crippen LogP contribution in [0.2, 0.25) is 0 Å². The van der Waals surface area contributed by atoms with Gasteiger partial charge >= 0.3 is 17.7 Å². The van der Waals surface area contributed by atoms with Crippen LogP contribution in [0.4, 0.5) is 20.8 Å². The van der Waals surface area contributed by atoms with E-state index in [1.54, 1.807) is 54.2 Å². The van der Waals surface area contributed by atoms with Crippen LogP contribution in [-0.2, 0) is 11.3 Å². The molecular weight excluding hydrogens is 615 g/mol. The van der Waals surface area contributed by atoms with E-state index in [0.717, 1.165) is 4.68 Å². The van der Waals surface area contributed by atoms with E-state index >= 15 is 4.39 Å². The number of amides is 1. The first-order valence-electron chi connectivity index (χ1n) is 14.1. The van der Waals surface area contributed by atoms with Crippen LogP contribution >= 0.6 is 0 Å². The van der Waals surface area contributed by atoms with Gasteiger partial charge in [0.1, 0.15) is 17.2 Å². The van der Waals surface area contributed by atoms with Gasteiger partial charge in [-0.1, -0.05) is 12.1 Å². The average Bonchev–Trinajstić information content (AvgIpc) is 3.77. The van der Waals surface area contributed by atoms with Crippen LogP contribution < -0.4 is 22.3 Å². The van der Waals surface area contributed by atoms with Gasteiger partial charge in [0.15, 0.2) is 17.0 Å². The lowest BCUT2D eigenvalue weighted by Crippen LogP contribution is -2.42. The van der Waals surface area contributed by atoms with Crippen molar-refractivity contribution < 1.29 is 18.7 Å². The zero-order valence-electron chi connectivity index (χ0n) is 25.2. The third kappa shape index (κ3) is 5.75. The smallest absolute Gasteiger partial charge is 0.361 e. The summed E-state index contributed by atoms with van der Waals surface area (Å²) in [5, 5.41) is 13.0. The number of rotatable bonds is 8. The van der Waals surface area contributed by atoms with Crippen LogP contribution in [0.5, 0.6) is 0 Å². The number of esters is 1. The highest BCUT2D eigenvalue weighted by molar-refractivity contribution is 6.01. The van der Waals surface area contributed by atoms with Crippen molar-refractivity contribution in [1.29, 1.82) is 0 Å². The van der Waals surface area contributed by atoms with Crippen molar-refractivity contribution in [3.05, 3.63) is 93.0 Å². The van der Waals surface area contributed by atoms with E-state index in [1.807, 2.05) is 19.0 Å². The fraction of sp³-hybridized carbons (Fsp3) is 0.172. The zero-order chi connectivity index (χ0) is 33.4. The molecule has 4 heterocycles. The summed E-state index contributed by atoms with van der Waals surface area (Å²) in [7, 11) is 3.74. The monoisotopic (exact) mass is 642 g/mol. The first kappa shape index (κ1) is 30.6. The van der Waals surface area contributed by atoms with Gasteiger partial charge in [0, 0.05) is 29.7 Å². The minimum absolute atomic E-state index is 0.00731. The van der Waals surface area contributed by atoms with E-state index in [4.69, 9.17) is 10.5 Å². The summed E-state index contributed by atoms with van der Waals surface area (Å²) in [5.74, 6) is -0.765. The number of nitrogen functional groups attached to an aromatic ring is 1. The Balaban J connectivity index is 1.41. The number of carbonyl (C=O) groups is 2. The summed E-state index contributed by atoms with van der Waals surface area (Å²) in [4.78, 5) is 65.9. The molecule has 0 atom stereocenters. The maximum Gasteiger partial charge on any atom is 0.361 e. The van der Waals surface area contributed by atoms with Gasteiger partial charge in [-0.2, -0.15) is 14.6 Å². The van der Waals surface area contributed by atoms with Gasteiger partial charge in [-0.15, -0.1) is 5.10 Å². The van der Waals surface area contributed by atoms with Crippen molar-refractivity contribution in [3.8, 4) is 22.8 Å². The second kappa shape index (κ2) is 12.2. The molecule has 0 aliphatic carbocycles. The molecule has 0 fully saturated rings. The molecule has 0 spiro atoms. The van der Waals surface area contributed by atoms with Gasteiger partial charge in [-0.25, -0.2) is 28.4 Å². The molecule has 1 amide bonds. The zero-order valence-corrected chi connectivity index (χ0v) is 25.2. The number of hydrogen-bond acceptors (Lipinski definition) is 11. The van der Waals surface area contributed by atoms with Gasteiger partial charge in [-0.3, -0.25) is 9.89 Å². The summed E-state index contributed by atoms with van der Waals surface area (Å²) < 4.78 is 23.4. The minimum Gasteiger partial charge on any atom is -0.461 e. The fourth-order valence-corrected chi connectivity index (χ4v) is 4.89. The predicted octanol–water partition coefficient (Wildman–Crippen LogP) is 1.89. The Morgan fingerprint density at radius 1 is 1.13 bits per heavy atom. The number of H-pyrrole nitrogens is 2. The number of nitrogens with one attached hydrogen (secondary N) is 3. The Bertz CT molecular complexity index is 2280. The Kier molecular flexibility index (Phi) is 7.92. The maximum absolute atomic E-state index is 15.3. The summed E-state index contributed by atoms with van der Waals surface area (Å²) in [6, 6.07) is 9.22. The third-order valence-corrected chi connectivity index (χ3v) is 6.91. The highest BCUT2D eigenvalue weighted by Crippen LogP contribution is 2.23. The lowest BCUT2D eigenvalue weighted by atomic mass is 10.2. The van der Waals surface area contributed by atoms with Crippen molar-refractivity contribution in [2.45, 2.75) is 13.5 Å². The number of nitrogens with zero attached hydrogens (tertiary/aromatic N) is 8. The number of aromatic nitrogens is 9. The molecular formula is C29H27FN12O5. The van der Waals surface area contributed by atoms with Crippen molar-refractivity contribution in [2.24, 2.45) is 0 Å². The number of aromatic amines is 2.